The summed E-state index contributed by atoms with van der Waals surface area (Å²) in [5, 5.41) is 7.92. The summed E-state index contributed by atoms with van der Waals surface area (Å²) in [5.74, 6) is 5.75. The lowest BCUT2D eigenvalue weighted by Crippen LogP contribution is -2.44. The summed E-state index contributed by atoms with van der Waals surface area (Å²) in [7, 11) is 0. The normalized spacial score (nSPS) is 14.9. The highest BCUT2D eigenvalue weighted by Crippen LogP contribution is 2.34. The molecule has 5 aromatic rings. The monoisotopic (exact) mass is 764 g/mol. The molecule has 7 rings (SSSR count). The zero-order valence-electron chi connectivity index (χ0n) is 30.9. The van der Waals surface area contributed by atoms with Gasteiger partial charge in [0.25, 0.3) is 5.91 Å². The number of ketones is 1. The topological polar surface area (TPSA) is 99.7 Å². The van der Waals surface area contributed by atoms with E-state index in [2.05, 4.69) is 57.2 Å². The fraction of sp³-hybridized carbons (Fsp3) is 0.381. The number of rotatable bonds is 12. The van der Waals surface area contributed by atoms with Crippen LogP contribution in [0.15, 0.2) is 60.7 Å². The molecule has 2 aliphatic heterocycles. The zero-order valence-corrected chi connectivity index (χ0v) is 32.5. The van der Waals surface area contributed by atoms with E-state index in [9.17, 15) is 14.0 Å². The molecule has 1 saturated heterocycles. The molecule has 0 spiro atoms. The quantitative estimate of drug-likeness (QED) is 0.0757. The first-order valence-electron chi connectivity index (χ1n) is 18.6. The molecule has 12 heteroatoms. The van der Waals surface area contributed by atoms with Gasteiger partial charge in [0.15, 0.2) is 27.6 Å². The first kappa shape index (κ1) is 37.6. The summed E-state index contributed by atoms with van der Waals surface area (Å²) < 4.78 is 21.8. The van der Waals surface area contributed by atoms with E-state index in [1.165, 1.54) is 35.7 Å². The van der Waals surface area contributed by atoms with E-state index in [-0.39, 0.29) is 17.4 Å². The Balaban J connectivity index is 0.929. The number of anilines is 2. The summed E-state index contributed by atoms with van der Waals surface area (Å²) in [4.78, 5) is 40.9. The van der Waals surface area contributed by atoms with Crippen LogP contribution in [0.4, 0.5) is 14.7 Å². The molecule has 2 aromatic heterocycles. The second-order valence-electron chi connectivity index (χ2n) is 14.2. The number of fused-ring (bicyclic) bond motifs is 2. The van der Waals surface area contributed by atoms with Crippen LogP contribution in [0, 0.1) is 17.7 Å². The lowest BCUT2D eigenvalue weighted by atomic mass is 9.94. The summed E-state index contributed by atoms with van der Waals surface area (Å²) in [6, 6.07) is 19.6. The van der Waals surface area contributed by atoms with Crippen LogP contribution in [0.25, 0.3) is 10.2 Å². The molecule has 9 nitrogen and oxygen atoms in total. The number of piperidine rings is 1. The molecule has 0 unspecified atom stereocenters. The number of aryl methyl sites for hydroxylation is 1. The second-order valence-corrected chi connectivity index (χ2v) is 16.2. The smallest absolute Gasteiger partial charge is 0.257 e. The largest absolute Gasteiger partial charge is 0.491 e. The summed E-state index contributed by atoms with van der Waals surface area (Å²) >= 11 is 2.94. The number of ether oxygens (including phenoxy) is 1. The fourth-order valence-electron chi connectivity index (χ4n) is 7.06. The molecule has 2 N–H and O–H groups in total. The van der Waals surface area contributed by atoms with Gasteiger partial charge in [0.1, 0.15) is 5.69 Å². The van der Waals surface area contributed by atoms with Crippen LogP contribution in [0.1, 0.15) is 82.4 Å². The van der Waals surface area contributed by atoms with Crippen LogP contribution in [0.5, 0.6) is 5.75 Å². The molecule has 0 bridgehead atoms. The second kappa shape index (κ2) is 17.2. The van der Waals surface area contributed by atoms with Gasteiger partial charge in [-0.25, -0.2) is 14.4 Å². The Morgan fingerprint density at radius 2 is 1.87 bits per heavy atom. The number of halogens is 1. The number of para-hydroxylation sites is 1. The highest BCUT2D eigenvalue weighted by atomic mass is 32.1. The van der Waals surface area contributed by atoms with Crippen molar-refractivity contribution in [3.8, 4) is 17.6 Å². The minimum absolute atomic E-state index is 0.0999. The lowest BCUT2D eigenvalue weighted by molar-refractivity contribution is 0.100. The molecule has 3 aromatic carbocycles. The molecule has 280 valence electrons. The van der Waals surface area contributed by atoms with E-state index in [4.69, 9.17) is 9.72 Å². The van der Waals surface area contributed by atoms with E-state index in [0.29, 0.717) is 66.6 Å². The number of Topliss-reactive ketones (excluding diaryl/α,β-unsaturated/α-hetero) is 1. The molecule has 0 aliphatic carbocycles. The molecule has 1 fully saturated rings. The third-order valence-electron chi connectivity index (χ3n) is 9.75. The number of thiazole rings is 2. The lowest BCUT2D eigenvalue weighted by Gasteiger charge is -2.32. The van der Waals surface area contributed by atoms with E-state index < -0.39 is 5.82 Å². The Morgan fingerprint density at radius 1 is 1.04 bits per heavy atom. The summed E-state index contributed by atoms with van der Waals surface area (Å²) in [5.41, 5.74) is 4.61. The Bertz CT molecular complexity index is 2160. The predicted octanol–water partition coefficient (Wildman–Crippen LogP) is 7.74. The van der Waals surface area contributed by atoms with Gasteiger partial charge in [0.2, 0.25) is 0 Å². The van der Waals surface area contributed by atoms with Crippen molar-refractivity contribution in [3.63, 3.8) is 0 Å². The van der Waals surface area contributed by atoms with Crippen molar-refractivity contribution in [2.24, 2.45) is 0 Å². The Hall–Kier alpha value is -4.67. The molecule has 4 heterocycles. The third-order valence-corrected chi connectivity index (χ3v) is 11.9. The predicted molar refractivity (Wildman–Crippen MR) is 216 cm³/mol. The van der Waals surface area contributed by atoms with E-state index in [0.717, 1.165) is 70.2 Å². The molecule has 0 radical (unpaired) electrons. The van der Waals surface area contributed by atoms with Crippen molar-refractivity contribution in [3.05, 3.63) is 99.3 Å². The SMILES string of the molecule is CC(=O)c1nc(N2CCc3cccc(C(=O)Nc4nc5ccccc5s4)c3C2)sc1CCCOc1ccc(C#CCN2CCC(NC(C)C)CC2)cc1F. The maximum atomic E-state index is 14.9. The molecule has 54 heavy (non-hydrogen) atoms. The number of nitrogens with zero attached hydrogens (tertiary/aromatic N) is 4. The molecule has 2 aliphatic rings. The first-order valence-corrected chi connectivity index (χ1v) is 20.3. The molecule has 0 atom stereocenters. The van der Waals surface area contributed by atoms with Crippen molar-refractivity contribution in [2.75, 3.05) is 43.0 Å². The number of likely N-dealkylation sites (tertiary alicyclic amines) is 1. The van der Waals surface area contributed by atoms with Gasteiger partial charge in [0, 0.05) is 61.2 Å². The van der Waals surface area contributed by atoms with Crippen LogP contribution in [-0.2, 0) is 19.4 Å². The van der Waals surface area contributed by atoms with Gasteiger partial charge in [0.05, 0.1) is 23.4 Å². The Kier molecular flexibility index (Phi) is 12.0. The van der Waals surface area contributed by atoms with Gasteiger partial charge < -0.3 is 15.0 Å². The number of hydrogen-bond donors (Lipinski definition) is 2. The molecule has 0 saturated carbocycles. The number of benzene rings is 3. The number of amides is 1. The van der Waals surface area contributed by atoms with Crippen molar-refractivity contribution in [2.45, 2.75) is 71.5 Å². The van der Waals surface area contributed by atoms with Gasteiger partial charge in [-0.1, -0.05) is 61.3 Å². The van der Waals surface area contributed by atoms with Crippen LogP contribution in [0.3, 0.4) is 0 Å². The van der Waals surface area contributed by atoms with E-state index >= 15 is 0 Å². The van der Waals surface area contributed by atoms with Crippen LogP contribution in [0.2, 0.25) is 0 Å². The van der Waals surface area contributed by atoms with Crippen molar-refractivity contribution < 1.29 is 18.7 Å². The fourth-order valence-corrected chi connectivity index (χ4v) is 9.09. The minimum atomic E-state index is -0.439. The standard InChI is InChI=1S/C42H45FN6O3S2/c1-27(2)44-31-18-21-48(22-19-31)20-7-9-29-15-16-36(34(43)25-29)52-24-8-14-38-39(28(3)50)46-42(54-38)49-23-17-30-10-6-11-32(33(30)26-49)40(51)47-41-45-35-12-4-5-13-37(35)53-41/h4-6,10-13,15-16,25,27,31,44H,8,14,17-24,26H2,1-3H3,(H,45,47,51). The highest BCUT2D eigenvalue weighted by Gasteiger charge is 2.26. The average Bonchev–Trinajstić information content (AvgIpc) is 3.78. The minimum Gasteiger partial charge on any atom is -0.491 e. The number of carbonyl (C=O) groups excluding carboxylic acids is 2. The van der Waals surface area contributed by atoms with Crippen molar-refractivity contribution in [1.82, 2.24) is 20.2 Å². The van der Waals surface area contributed by atoms with Crippen molar-refractivity contribution in [1.29, 1.82) is 0 Å². The highest BCUT2D eigenvalue weighted by molar-refractivity contribution is 7.22. The van der Waals surface area contributed by atoms with Gasteiger partial charge in [-0.2, -0.15) is 0 Å². The Morgan fingerprint density at radius 3 is 2.65 bits per heavy atom. The Labute approximate surface area is 324 Å². The van der Waals surface area contributed by atoms with Gasteiger partial charge >= 0.3 is 0 Å². The van der Waals surface area contributed by atoms with Crippen molar-refractivity contribution >= 4 is 54.8 Å². The number of nitrogens with one attached hydrogen (secondary N) is 2. The number of hydrogen-bond acceptors (Lipinski definition) is 10. The van der Waals surface area contributed by atoms with Gasteiger partial charge in [-0.3, -0.25) is 19.8 Å². The van der Waals surface area contributed by atoms with Crippen LogP contribution >= 0.6 is 22.7 Å². The summed E-state index contributed by atoms with van der Waals surface area (Å²) in [6.07, 6.45) is 4.14. The maximum absolute atomic E-state index is 14.9. The maximum Gasteiger partial charge on any atom is 0.257 e. The number of aromatic nitrogens is 2. The average molecular weight is 765 g/mol. The third kappa shape index (κ3) is 9.16. The van der Waals surface area contributed by atoms with E-state index in [1.54, 1.807) is 12.1 Å². The zero-order chi connectivity index (χ0) is 37.6. The van der Waals surface area contributed by atoms with Gasteiger partial charge in [-0.05, 0) is 79.6 Å². The molecule has 1 amide bonds. The molecular weight excluding hydrogens is 720 g/mol. The van der Waals surface area contributed by atoms with E-state index in [1.807, 2.05) is 36.4 Å². The van der Waals surface area contributed by atoms with Crippen LogP contribution in [-0.4, -0.2) is 71.4 Å². The number of carbonyl (C=O) groups is 2. The van der Waals surface area contributed by atoms with Crippen LogP contribution < -0.4 is 20.3 Å². The van der Waals surface area contributed by atoms with Gasteiger partial charge in [-0.15, -0.1) is 11.3 Å². The summed E-state index contributed by atoms with van der Waals surface area (Å²) in [6.45, 7) is 10.1. The first-order chi connectivity index (χ1) is 26.2. The molecular formula is C42H45FN6O3S2.